The van der Waals surface area contributed by atoms with E-state index in [2.05, 4.69) is 22.4 Å². The molecule has 2 aromatic rings. The number of carboxylic acid groups (broad SMARTS) is 1. The van der Waals surface area contributed by atoms with Crippen LogP contribution in [0, 0.1) is 0 Å². The predicted octanol–water partition coefficient (Wildman–Crippen LogP) is 1.97. The van der Waals surface area contributed by atoms with E-state index < -0.39 is 6.09 Å². The van der Waals surface area contributed by atoms with E-state index in [1.165, 1.54) is 10.5 Å². The minimum atomic E-state index is -0.855. The van der Waals surface area contributed by atoms with Gasteiger partial charge in [0.15, 0.2) is 0 Å². The largest absolute Gasteiger partial charge is 0.465 e. The van der Waals surface area contributed by atoms with Crippen molar-refractivity contribution in [1.82, 2.24) is 19.8 Å². The SMILES string of the molecule is O=C(O)N1CCC(NCc2ccccc2)C(n2ccnc2)C1. The average molecular weight is 300 g/mol. The van der Waals surface area contributed by atoms with E-state index in [-0.39, 0.29) is 12.1 Å². The molecular formula is C16H20N4O2. The van der Waals surface area contributed by atoms with Gasteiger partial charge in [-0.3, -0.25) is 0 Å². The Balaban J connectivity index is 1.70. The Hall–Kier alpha value is -2.34. The van der Waals surface area contributed by atoms with Gasteiger partial charge >= 0.3 is 6.09 Å². The van der Waals surface area contributed by atoms with Crippen molar-refractivity contribution in [3.05, 3.63) is 54.6 Å². The molecule has 6 nitrogen and oxygen atoms in total. The second kappa shape index (κ2) is 6.62. The summed E-state index contributed by atoms with van der Waals surface area (Å²) in [5, 5.41) is 12.8. The third-order valence-electron chi connectivity index (χ3n) is 4.17. The van der Waals surface area contributed by atoms with Crippen molar-refractivity contribution >= 4 is 6.09 Å². The number of carbonyl (C=O) groups is 1. The van der Waals surface area contributed by atoms with E-state index in [9.17, 15) is 9.90 Å². The van der Waals surface area contributed by atoms with Gasteiger partial charge in [0.1, 0.15) is 0 Å². The fourth-order valence-electron chi connectivity index (χ4n) is 2.96. The molecule has 1 aliphatic heterocycles. The second-order valence-corrected chi connectivity index (χ2v) is 5.57. The van der Waals surface area contributed by atoms with Crippen LogP contribution in [0.1, 0.15) is 18.0 Å². The lowest BCUT2D eigenvalue weighted by atomic mass is 9.99. The van der Waals surface area contributed by atoms with Crippen LogP contribution in [0.2, 0.25) is 0 Å². The summed E-state index contributed by atoms with van der Waals surface area (Å²) < 4.78 is 2.00. The molecular weight excluding hydrogens is 280 g/mol. The van der Waals surface area contributed by atoms with Gasteiger partial charge in [-0.25, -0.2) is 9.78 Å². The fourth-order valence-corrected chi connectivity index (χ4v) is 2.96. The molecule has 0 bridgehead atoms. The number of amides is 1. The highest BCUT2D eigenvalue weighted by Crippen LogP contribution is 2.22. The van der Waals surface area contributed by atoms with E-state index >= 15 is 0 Å². The number of rotatable bonds is 4. The molecule has 0 spiro atoms. The normalized spacial score (nSPS) is 21.7. The van der Waals surface area contributed by atoms with Gasteiger partial charge in [0, 0.05) is 38.1 Å². The minimum Gasteiger partial charge on any atom is -0.465 e. The van der Waals surface area contributed by atoms with Crippen LogP contribution in [0.4, 0.5) is 4.79 Å². The molecule has 1 aliphatic rings. The van der Waals surface area contributed by atoms with E-state index in [1.807, 2.05) is 29.0 Å². The van der Waals surface area contributed by atoms with Crippen LogP contribution in [0.5, 0.6) is 0 Å². The van der Waals surface area contributed by atoms with Crippen LogP contribution in [-0.4, -0.2) is 44.8 Å². The molecule has 3 rings (SSSR count). The second-order valence-electron chi connectivity index (χ2n) is 5.57. The van der Waals surface area contributed by atoms with Crippen molar-refractivity contribution in [3.63, 3.8) is 0 Å². The summed E-state index contributed by atoms with van der Waals surface area (Å²) in [7, 11) is 0. The number of piperidine rings is 1. The van der Waals surface area contributed by atoms with Crippen LogP contribution in [-0.2, 0) is 6.54 Å². The Morgan fingerprint density at radius 1 is 1.36 bits per heavy atom. The Bertz CT molecular complexity index is 600. The Kier molecular flexibility index (Phi) is 4.39. The molecule has 1 aromatic heterocycles. The number of nitrogens with zero attached hydrogens (tertiary/aromatic N) is 3. The maximum absolute atomic E-state index is 11.2. The first-order valence-corrected chi connectivity index (χ1v) is 7.46. The smallest absolute Gasteiger partial charge is 0.407 e. The summed E-state index contributed by atoms with van der Waals surface area (Å²) in [6.45, 7) is 1.83. The lowest BCUT2D eigenvalue weighted by Crippen LogP contribution is -2.51. The lowest BCUT2D eigenvalue weighted by molar-refractivity contribution is 0.108. The summed E-state index contributed by atoms with van der Waals surface area (Å²) in [4.78, 5) is 16.8. The molecule has 6 heteroatoms. The van der Waals surface area contributed by atoms with Gasteiger partial charge in [0.25, 0.3) is 0 Å². The van der Waals surface area contributed by atoms with E-state index in [0.29, 0.717) is 13.1 Å². The molecule has 2 N–H and O–H groups in total. The number of aromatic nitrogens is 2. The topological polar surface area (TPSA) is 70.4 Å². The van der Waals surface area contributed by atoms with Crippen LogP contribution in [0.3, 0.4) is 0 Å². The van der Waals surface area contributed by atoms with Crippen molar-refractivity contribution in [2.75, 3.05) is 13.1 Å². The minimum absolute atomic E-state index is 0.0658. The number of hydrogen-bond donors (Lipinski definition) is 2. The first kappa shape index (κ1) is 14.6. The Labute approximate surface area is 129 Å². The van der Waals surface area contributed by atoms with Crippen molar-refractivity contribution < 1.29 is 9.90 Å². The van der Waals surface area contributed by atoms with Crippen molar-refractivity contribution in [2.45, 2.75) is 25.0 Å². The number of benzene rings is 1. The number of nitrogens with one attached hydrogen (secondary N) is 1. The van der Waals surface area contributed by atoms with Crippen LogP contribution >= 0.6 is 0 Å². The van der Waals surface area contributed by atoms with Gasteiger partial charge in [0.2, 0.25) is 0 Å². The summed E-state index contributed by atoms with van der Waals surface area (Å²) in [5.41, 5.74) is 1.23. The van der Waals surface area contributed by atoms with Crippen molar-refractivity contribution in [1.29, 1.82) is 0 Å². The molecule has 1 fully saturated rings. The molecule has 2 heterocycles. The highest BCUT2D eigenvalue weighted by Gasteiger charge is 2.32. The van der Waals surface area contributed by atoms with Gasteiger partial charge in [-0.2, -0.15) is 0 Å². The first-order valence-electron chi connectivity index (χ1n) is 7.46. The summed E-state index contributed by atoms with van der Waals surface area (Å²) in [5.74, 6) is 0. The van der Waals surface area contributed by atoms with E-state index in [0.717, 1.165) is 13.0 Å². The van der Waals surface area contributed by atoms with E-state index in [4.69, 9.17) is 0 Å². The standard InChI is InChI=1S/C16H20N4O2/c21-16(22)19-8-6-14(15(11-19)20-9-7-17-12-20)18-10-13-4-2-1-3-5-13/h1-5,7,9,12,14-15,18H,6,8,10-11H2,(H,21,22). The highest BCUT2D eigenvalue weighted by atomic mass is 16.4. The molecule has 22 heavy (non-hydrogen) atoms. The third-order valence-corrected chi connectivity index (χ3v) is 4.17. The predicted molar refractivity (Wildman–Crippen MR) is 82.5 cm³/mol. The molecule has 0 aliphatic carbocycles. The van der Waals surface area contributed by atoms with Crippen molar-refractivity contribution in [2.24, 2.45) is 0 Å². The molecule has 0 radical (unpaired) electrons. The maximum Gasteiger partial charge on any atom is 0.407 e. The maximum atomic E-state index is 11.2. The molecule has 2 unspecified atom stereocenters. The van der Waals surface area contributed by atoms with Crippen LogP contribution < -0.4 is 5.32 Å². The van der Waals surface area contributed by atoms with Crippen LogP contribution in [0.25, 0.3) is 0 Å². The van der Waals surface area contributed by atoms with Gasteiger partial charge < -0.3 is 19.9 Å². The average Bonchev–Trinajstić information content (AvgIpc) is 3.08. The quantitative estimate of drug-likeness (QED) is 0.905. The van der Waals surface area contributed by atoms with Gasteiger partial charge in [-0.05, 0) is 12.0 Å². The van der Waals surface area contributed by atoms with Gasteiger partial charge in [-0.15, -0.1) is 0 Å². The molecule has 1 amide bonds. The monoisotopic (exact) mass is 300 g/mol. The third kappa shape index (κ3) is 3.28. The Morgan fingerprint density at radius 2 is 2.18 bits per heavy atom. The lowest BCUT2D eigenvalue weighted by Gasteiger charge is -2.38. The Morgan fingerprint density at radius 3 is 2.86 bits per heavy atom. The van der Waals surface area contributed by atoms with Gasteiger partial charge in [0.05, 0.1) is 12.4 Å². The van der Waals surface area contributed by atoms with E-state index in [1.54, 1.807) is 12.5 Å². The summed E-state index contributed by atoms with van der Waals surface area (Å²) >= 11 is 0. The zero-order chi connectivity index (χ0) is 15.4. The molecule has 2 atom stereocenters. The summed E-state index contributed by atoms with van der Waals surface area (Å²) in [6.07, 6.45) is 5.32. The first-order chi connectivity index (χ1) is 10.7. The van der Waals surface area contributed by atoms with Crippen molar-refractivity contribution in [3.8, 4) is 0 Å². The zero-order valence-corrected chi connectivity index (χ0v) is 12.3. The fraction of sp³-hybridized carbons (Fsp3) is 0.375. The zero-order valence-electron chi connectivity index (χ0n) is 12.3. The number of imidazole rings is 1. The molecule has 0 saturated carbocycles. The number of likely N-dealkylation sites (tertiary alicyclic amines) is 1. The highest BCUT2D eigenvalue weighted by molar-refractivity contribution is 5.65. The molecule has 116 valence electrons. The molecule has 1 aromatic carbocycles. The van der Waals surface area contributed by atoms with Crippen LogP contribution in [0.15, 0.2) is 49.1 Å². The van der Waals surface area contributed by atoms with Gasteiger partial charge in [-0.1, -0.05) is 30.3 Å². The molecule has 1 saturated heterocycles. The number of hydrogen-bond acceptors (Lipinski definition) is 3. The summed E-state index contributed by atoms with van der Waals surface area (Å²) in [6, 6.07) is 10.5.